The van der Waals surface area contributed by atoms with Crippen LogP contribution in [0.4, 0.5) is 0 Å². The lowest BCUT2D eigenvalue weighted by Gasteiger charge is -2.15. The van der Waals surface area contributed by atoms with Gasteiger partial charge in [0.2, 0.25) is 0 Å². The summed E-state index contributed by atoms with van der Waals surface area (Å²) in [5.41, 5.74) is 4.99. The van der Waals surface area contributed by atoms with Gasteiger partial charge in [-0.25, -0.2) is 0 Å². The Kier molecular flexibility index (Phi) is 6.26. The van der Waals surface area contributed by atoms with Gasteiger partial charge in [0.1, 0.15) is 34.1 Å². The molecule has 8 nitrogen and oxygen atoms in total. The largest absolute Gasteiger partial charge is 0.496 e. The molecular weight excluding hydrogens is 340 g/mol. The third-order valence-electron chi connectivity index (χ3n) is 3.60. The Bertz CT molecular complexity index is 694. The topological polar surface area (TPSA) is 95.1 Å². The summed E-state index contributed by atoms with van der Waals surface area (Å²) in [6.45, 7) is 0. The molecule has 8 heteroatoms. The van der Waals surface area contributed by atoms with Crippen molar-refractivity contribution in [2.75, 3.05) is 28.4 Å². The minimum Gasteiger partial charge on any atom is -0.496 e. The number of hydrogen-bond acceptors (Lipinski definition) is 6. The molecule has 2 aromatic carbocycles. The number of carbonyl (C=O) groups excluding carboxylic acids is 2. The third kappa shape index (κ3) is 3.80. The highest BCUT2D eigenvalue weighted by atomic mass is 16.5. The highest BCUT2D eigenvalue weighted by Gasteiger charge is 2.21. The average molecular weight is 360 g/mol. The van der Waals surface area contributed by atoms with Crippen LogP contribution in [0.5, 0.6) is 23.0 Å². The zero-order chi connectivity index (χ0) is 19.1. The Labute approximate surface area is 151 Å². The summed E-state index contributed by atoms with van der Waals surface area (Å²) < 4.78 is 20.7. The number of hydrogen-bond donors (Lipinski definition) is 2. The van der Waals surface area contributed by atoms with Gasteiger partial charge in [0.15, 0.2) is 0 Å². The van der Waals surface area contributed by atoms with E-state index >= 15 is 0 Å². The van der Waals surface area contributed by atoms with Crippen LogP contribution >= 0.6 is 0 Å². The number of nitrogens with one attached hydrogen (secondary N) is 2. The second-order valence-corrected chi connectivity index (χ2v) is 4.98. The zero-order valence-electron chi connectivity index (χ0n) is 14.9. The van der Waals surface area contributed by atoms with E-state index in [0.29, 0.717) is 23.0 Å². The van der Waals surface area contributed by atoms with Crippen molar-refractivity contribution in [1.29, 1.82) is 0 Å². The SMILES string of the molecule is COc1cccc(OC)c1C(=O)NNC(=O)c1c(OC)cccc1OC. The van der Waals surface area contributed by atoms with Gasteiger partial charge in [-0.1, -0.05) is 12.1 Å². The van der Waals surface area contributed by atoms with Crippen molar-refractivity contribution >= 4 is 11.8 Å². The van der Waals surface area contributed by atoms with E-state index in [0.717, 1.165) is 0 Å². The summed E-state index contributed by atoms with van der Waals surface area (Å²) >= 11 is 0. The maximum Gasteiger partial charge on any atom is 0.277 e. The number of amides is 2. The maximum atomic E-state index is 12.5. The lowest BCUT2D eigenvalue weighted by Crippen LogP contribution is -2.42. The van der Waals surface area contributed by atoms with E-state index in [1.165, 1.54) is 28.4 Å². The van der Waals surface area contributed by atoms with Crippen molar-refractivity contribution in [1.82, 2.24) is 10.9 Å². The number of benzene rings is 2. The molecule has 2 aromatic rings. The highest BCUT2D eigenvalue weighted by Crippen LogP contribution is 2.29. The molecule has 0 aliphatic rings. The Morgan fingerprint density at radius 1 is 0.615 bits per heavy atom. The molecule has 26 heavy (non-hydrogen) atoms. The molecule has 0 aliphatic heterocycles. The Morgan fingerprint density at radius 2 is 0.885 bits per heavy atom. The minimum atomic E-state index is -0.596. The van der Waals surface area contributed by atoms with Crippen molar-refractivity contribution in [3.05, 3.63) is 47.5 Å². The second kappa shape index (κ2) is 8.61. The van der Waals surface area contributed by atoms with Gasteiger partial charge in [-0.15, -0.1) is 0 Å². The molecule has 0 saturated heterocycles. The molecule has 0 fully saturated rings. The number of hydrazine groups is 1. The van der Waals surface area contributed by atoms with Crippen molar-refractivity contribution in [3.63, 3.8) is 0 Å². The monoisotopic (exact) mass is 360 g/mol. The van der Waals surface area contributed by atoms with Crippen LogP contribution in [-0.2, 0) is 0 Å². The lowest BCUT2D eigenvalue weighted by atomic mass is 10.1. The third-order valence-corrected chi connectivity index (χ3v) is 3.60. The Hall–Kier alpha value is -3.42. The second-order valence-electron chi connectivity index (χ2n) is 4.98. The van der Waals surface area contributed by atoms with E-state index < -0.39 is 11.8 Å². The molecule has 0 bridgehead atoms. The maximum absolute atomic E-state index is 12.5. The first kappa shape index (κ1) is 18.9. The van der Waals surface area contributed by atoms with Crippen LogP contribution in [0.25, 0.3) is 0 Å². The van der Waals surface area contributed by atoms with Crippen LogP contribution in [0.15, 0.2) is 36.4 Å². The summed E-state index contributed by atoms with van der Waals surface area (Å²) in [5, 5.41) is 0. The van der Waals surface area contributed by atoms with Gasteiger partial charge in [0, 0.05) is 0 Å². The number of carbonyl (C=O) groups is 2. The van der Waals surface area contributed by atoms with E-state index in [-0.39, 0.29) is 11.1 Å². The average Bonchev–Trinajstić information content (AvgIpc) is 2.70. The summed E-state index contributed by atoms with van der Waals surface area (Å²) in [4.78, 5) is 25.0. The lowest BCUT2D eigenvalue weighted by molar-refractivity contribution is 0.0839. The van der Waals surface area contributed by atoms with Crippen LogP contribution in [-0.4, -0.2) is 40.3 Å². The summed E-state index contributed by atoms with van der Waals surface area (Å²) in [5.74, 6) is 0.0527. The molecule has 0 spiro atoms. The van der Waals surface area contributed by atoms with Gasteiger partial charge in [-0.3, -0.25) is 20.4 Å². The molecule has 2 rings (SSSR count). The van der Waals surface area contributed by atoms with E-state index in [4.69, 9.17) is 18.9 Å². The molecule has 2 N–H and O–H groups in total. The number of rotatable bonds is 6. The van der Waals surface area contributed by atoms with E-state index in [9.17, 15) is 9.59 Å². The zero-order valence-corrected chi connectivity index (χ0v) is 14.9. The van der Waals surface area contributed by atoms with Gasteiger partial charge in [0.05, 0.1) is 28.4 Å². The standard InChI is InChI=1S/C18H20N2O6/c1-23-11-7-5-8-12(24-2)15(11)17(21)19-20-18(22)16-13(25-3)9-6-10-14(16)26-4/h5-10H,1-4H3,(H,19,21)(H,20,22). The fourth-order valence-electron chi connectivity index (χ4n) is 2.39. The Morgan fingerprint density at radius 3 is 1.12 bits per heavy atom. The number of methoxy groups -OCH3 is 4. The van der Waals surface area contributed by atoms with Crippen LogP contribution in [0.3, 0.4) is 0 Å². The highest BCUT2D eigenvalue weighted by molar-refractivity contribution is 6.04. The van der Waals surface area contributed by atoms with Gasteiger partial charge in [-0.2, -0.15) is 0 Å². The summed E-state index contributed by atoms with van der Waals surface area (Å²) in [7, 11) is 5.74. The molecule has 0 unspecified atom stereocenters. The van der Waals surface area contributed by atoms with Crippen molar-refractivity contribution in [2.24, 2.45) is 0 Å². The molecule has 0 atom stereocenters. The molecule has 0 radical (unpaired) electrons. The van der Waals surface area contributed by atoms with Crippen molar-refractivity contribution in [3.8, 4) is 23.0 Å². The minimum absolute atomic E-state index is 0.157. The molecule has 0 heterocycles. The van der Waals surface area contributed by atoms with Crippen LogP contribution < -0.4 is 29.8 Å². The van der Waals surface area contributed by atoms with Crippen LogP contribution in [0.1, 0.15) is 20.7 Å². The predicted molar refractivity (Wildman–Crippen MR) is 94.0 cm³/mol. The molecule has 0 aromatic heterocycles. The first-order valence-corrected chi connectivity index (χ1v) is 7.60. The van der Waals surface area contributed by atoms with Crippen LogP contribution in [0.2, 0.25) is 0 Å². The molecule has 0 aliphatic carbocycles. The summed E-state index contributed by atoms with van der Waals surface area (Å²) in [6.07, 6.45) is 0. The first-order chi connectivity index (χ1) is 12.6. The predicted octanol–water partition coefficient (Wildman–Crippen LogP) is 1.80. The first-order valence-electron chi connectivity index (χ1n) is 7.60. The molecule has 138 valence electrons. The van der Waals surface area contributed by atoms with Crippen molar-refractivity contribution < 1.29 is 28.5 Å². The summed E-state index contributed by atoms with van der Waals surface area (Å²) in [6, 6.07) is 9.83. The van der Waals surface area contributed by atoms with E-state index in [1.807, 2.05) is 0 Å². The quantitative estimate of drug-likeness (QED) is 0.763. The molecular formula is C18H20N2O6. The fourth-order valence-corrected chi connectivity index (χ4v) is 2.39. The van der Waals surface area contributed by atoms with Gasteiger partial charge >= 0.3 is 0 Å². The van der Waals surface area contributed by atoms with Gasteiger partial charge in [0.25, 0.3) is 11.8 Å². The van der Waals surface area contributed by atoms with E-state index in [1.54, 1.807) is 36.4 Å². The van der Waals surface area contributed by atoms with Crippen molar-refractivity contribution in [2.45, 2.75) is 0 Å². The normalized spacial score (nSPS) is 9.85. The number of ether oxygens (including phenoxy) is 4. The van der Waals surface area contributed by atoms with E-state index in [2.05, 4.69) is 10.9 Å². The smallest absolute Gasteiger partial charge is 0.277 e. The van der Waals surface area contributed by atoms with Gasteiger partial charge in [-0.05, 0) is 24.3 Å². The van der Waals surface area contributed by atoms with Gasteiger partial charge < -0.3 is 18.9 Å². The van der Waals surface area contributed by atoms with Crippen LogP contribution in [0, 0.1) is 0 Å². The molecule has 2 amide bonds. The Balaban J connectivity index is 2.23. The fraction of sp³-hybridized carbons (Fsp3) is 0.222. The molecule has 0 saturated carbocycles.